The van der Waals surface area contributed by atoms with E-state index in [1.54, 1.807) is 11.3 Å². The number of unbranched alkanes of at least 4 members (excludes halogenated alkanes) is 1. The first-order valence-corrected chi connectivity index (χ1v) is 12.0. The number of rotatable bonds is 11. The van der Waals surface area contributed by atoms with Gasteiger partial charge in [-0.3, -0.25) is 4.79 Å². The van der Waals surface area contributed by atoms with Crippen molar-refractivity contribution in [2.24, 2.45) is 11.8 Å². The summed E-state index contributed by atoms with van der Waals surface area (Å²) in [5.74, 6) is 0.332. The first-order valence-electron chi connectivity index (χ1n) is 10.4. The van der Waals surface area contributed by atoms with Crippen LogP contribution in [-0.4, -0.2) is 35.5 Å². The molecule has 0 aliphatic heterocycles. The fourth-order valence-corrected chi connectivity index (χ4v) is 5.40. The Morgan fingerprint density at radius 1 is 1.41 bits per heavy atom. The maximum Gasteiger partial charge on any atom is 0.305 e. The molecule has 0 radical (unpaired) electrons. The number of thiophene rings is 1. The zero-order valence-corrected chi connectivity index (χ0v) is 19.8. The first kappa shape index (κ1) is 24.3. The van der Waals surface area contributed by atoms with Gasteiger partial charge in [0.25, 0.3) is 0 Å². The number of hydrogen-bond acceptors (Lipinski definition) is 5. The average molecular weight is 485 g/mol. The highest BCUT2D eigenvalue weighted by Gasteiger charge is 2.32. The molecule has 29 heavy (non-hydrogen) atoms. The van der Waals surface area contributed by atoms with Crippen LogP contribution in [0.15, 0.2) is 34.8 Å². The second-order valence-electron chi connectivity index (χ2n) is 7.76. The molecular weight excluding hydrogens is 452 g/mol. The van der Waals surface area contributed by atoms with Crippen LogP contribution in [0, 0.1) is 18.8 Å². The Hall–Kier alpha value is -0.950. The van der Waals surface area contributed by atoms with E-state index in [0.717, 1.165) is 43.0 Å². The standard InChI is InChI=1S/C23H33BrO4S/c1-16-21(24)15-19(29-16)13-12-18(25)11-9-17-10-14-22(26)20(17)7-5-3-4-6-8-23(27)28-2/h3,5,9,11,15,17-18,20,22,25-26H,4,6-8,10,12-14H2,1-2H3/t17-,18+,20+,22?/m0/s1. The molecule has 0 saturated heterocycles. The highest BCUT2D eigenvalue weighted by atomic mass is 79.9. The van der Waals surface area contributed by atoms with Gasteiger partial charge in [0, 0.05) is 20.6 Å². The minimum absolute atomic E-state index is 0.171. The topological polar surface area (TPSA) is 66.8 Å². The fourth-order valence-electron chi connectivity index (χ4n) is 3.78. The largest absolute Gasteiger partial charge is 0.469 e. The Morgan fingerprint density at radius 2 is 2.21 bits per heavy atom. The van der Waals surface area contributed by atoms with Gasteiger partial charge in [-0.25, -0.2) is 0 Å². The Morgan fingerprint density at radius 3 is 2.90 bits per heavy atom. The molecule has 0 bridgehead atoms. The van der Waals surface area contributed by atoms with Crippen LogP contribution in [-0.2, 0) is 16.0 Å². The summed E-state index contributed by atoms with van der Waals surface area (Å²) < 4.78 is 5.78. The van der Waals surface area contributed by atoms with E-state index in [1.165, 1.54) is 16.9 Å². The van der Waals surface area contributed by atoms with E-state index in [2.05, 4.69) is 51.9 Å². The van der Waals surface area contributed by atoms with E-state index in [9.17, 15) is 15.0 Å². The molecular formula is C23H33BrO4S. The lowest BCUT2D eigenvalue weighted by Gasteiger charge is -2.18. The van der Waals surface area contributed by atoms with Crippen LogP contribution in [0.25, 0.3) is 0 Å². The van der Waals surface area contributed by atoms with Crippen molar-refractivity contribution >= 4 is 33.2 Å². The number of aliphatic hydroxyl groups is 2. The Labute approximate surface area is 186 Å². The van der Waals surface area contributed by atoms with Gasteiger partial charge >= 0.3 is 5.97 Å². The van der Waals surface area contributed by atoms with E-state index in [4.69, 9.17) is 0 Å². The van der Waals surface area contributed by atoms with Crippen molar-refractivity contribution in [3.63, 3.8) is 0 Å². The second-order valence-corrected chi connectivity index (χ2v) is 9.95. The molecule has 4 nitrogen and oxygen atoms in total. The summed E-state index contributed by atoms with van der Waals surface area (Å²) in [6.07, 6.45) is 13.7. The van der Waals surface area contributed by atoms with Crippen molar-refractivity contribution in [1.29, 1.82) is 0 Å². The number of ether oxygens (including phenoxy) is 1. The highest BCUT2D eigenvalue weighted by Crippen LogP contribution is 2.36. The molecule has 4 atom stereocenters. The molecule has 1 saturated carbocycles. The molecule has 0 aromatic carbocycles. The van der Waals surface area contributed by atoms with Crippen LogP contribution in [0.2, 0.25) is 0 Å². The van der Waals surface area contributed by atoms with Gasteiger partial charge in [-0.05, 0) is 85.7 Å². The number of esters is 1. The summed E-state index contributed by atoms with van der Waals surface area (Å²) in [4.78, 5) is 13.7. The molecule has 1 unspecified atom stereocenters. The molecule has 1 heterocycles. The summed E-state index contributed by atoms with van der Waals surface area (Å²) in [5.41, 5.74) is 0. The monoisotopic (exact) mass is 484 g/mol. The zero-order chi connectivity index (χ0) is 21.2. The van der Waals surface area contributed by atoms with Crippen molar-refractivity contribution in [2.45, 2.75) is 70.5 Å². The molecule has 6 heteroatoms. The maximum absolute atomic E-state index is 11.1. The second kappa shape index (κ2) is 12.7. The minimum Gasteiger partial charge on any atom is -0.469 e. The third kappa shape index (κ3) is 8.36. The third-order valence-corrected chi connectivity index (χ3v) is 7.77. The molecule has 2 rings (SSSR count). The number of methoxy groups -OCH3 is 1. The highest BCUT2D eigenvalue weighted by molar-refractivity contribution is 9.10. The van der Waals surface area contributed by atoms with Crippen LogP contribution in [0.1, 0.15) is 54.7 Å². The average Bonchev–Trinajstić information content (AvgIpc) is 3.22. The number of carbonyl (C=O) groups excluding carboxylic acids is 1. The Bertz CT molecular complexity index is 678. The van der Waals surface area contributed by atoms with Gasteiger partial charge < -0.3 is 14.9 Å². The van der Waals surface area contributed by atoms with Crippen molar-refractivity contribution < 1.29 is 19.7 Å². The van der Waals surface area contributed by atoms with Crippen molar-refractivity contribution in [2.75, 3.05) is 7.11 Å². The van der Waals surface area contributed by atoms with Crippen LogP contribution in [0.4, 0.5) is 0 Å². The summed E-state index contributed by atoms with van der Waals surface area (Å²) >= 11 is 5.31. The number of aliphatic hydroxyl groups excluding tert-OH is 2. The van der Waals surface area contributed by atoms with Gasteiger partial charge in [0.05, 0.1) is 19.3 Å². The van der Waals surface area contributed by atoms with E-state index in [-0.39, 0.29) is 18.0 Å². The van der Waals surface area contributed by atoms with Crippen molar-refractivity contribution in [3.05, 3.63) is 44.6 Å². The normalized spacial score (nSPS) is 23.3. The van der Waals surface area contributed by atoms with Crippen LogP contribution in [0.3, 0.4) is 0 Å². The molecule has 0 spiro atoms. The van der Waals surface area contributed by atoms with E-state index in [0.29, 0.717) is 18.8 Å². The van der Waals surface area contributed by atoms with Gasteiger partial charge in [0.1, 0.15) is 0 Å². The molecule has 1 aliphatic rings. The fraction of sp³-hybridized carbons (Fsp3) is 0.609. The van der Waals surface area contributed by atoms with Gasteiger partial charge in [0.15, 0.2) is 0 Å². The number of halogens is 1. The minimum atomic E-state index is -0.455. The lowest BCUT2D eigenvalue weighted by molar-refractivity contribution is -0.140. The molecule has 2 N–H and O–H groups in total. The molecule has 1 aliphatic carbocycles. The SMILES string of the molecule is COC(=O)CCCC=CC[C@H]1C(O)CC[C@@H]1C=C[C@@H](O)CCc1cc(Br)c(C)s1. The van der Waals surface area contributed by atoms with Gasteiger partial charge in [0.2, 0.25) is 0 Å². The first-order chi connectivity index (χ1) is 13.9. The zero-order valence-electron chi connectivity index (χ0n) is 17.4. The van der Waals surface area contributed by atoms with Crippen LogP contribution >= 0.6 is 27.3 Å². The van der Waals surface area contributed by atoms with Gasteiger partial charge in [-0.15, -0.1) is 11.3 Å². The molecule has 1 aromatic rings. The third-order valence-electron chi connectivity index (χ3n) is 5.57. The molecule has 162 valence electrons. The summed E-state index contributed by atoms with van der Waals surface area (Å²) in [6, 6.07) is 2.14. The number of allylic oxidation sites excluding steroid dienone is 3. The van der Waals surface area contributed by atoms with Gasteiger partial charge in [-0.1, -0.05) is 24.3 Å². The van der Waals surface area contributed by atoms with E-state index in [1.807, 2.05) is 6.08 Å². The summed E-state index contributed by atoms with van der Waals surface area (Å²) in [5, 5.41) is 20.6. The number of aryl methyl sites for hydroxylation is 2. The molecule has 1 aromatic heterocycles. The Kier molecular flexibility index (Phi) is 10.6. The maximum atomic E-state index is 11.1. The van der Waals surface area contributed by atoms with E-state index >= 15 is 0 Å². The molecule has 1 fully saturated rings. The lowest BCUT2D eigenvalue weighted by atomic mass is 9.90. The Balaban J connectivity index is 1.75. The van der Waals surface area contributed by atoms with Crippen LogP contribution in [0.5, 0.6) is 0 Å². The lowest BCUT2D eigenvalue weighted by Crippen LogP contribution is -2.17. The van der Waals surface area contributed by atoms with Gasteiger partial charge in [-0.2, -0.15) is 0 Å². The summed E-state index contributed by atoms with van der Waals surface area (Å²) in [6.45, 7) is 2.09. The van der Waals surface area contributed by atoms with Crippen LogP contribution < -0.4 is 0 Å². The predicted octanol–water partition coefficient (Wildman–Crippen LogP) is 5.35. The number of hydrogen-bond donors (Lipinski definition) is 2. The quantitative estimate of drug-likeness (QED) is 0.252. The smallest absolute Gasteiger partial charge is 0.305 e. The van der Waals surface area contributed by atoms with Crippen molar-refractivity contribution in [1.82, 2.24) is 0 Å². The number of carbonyl (C=O) groups is 1. The summed E-state index contributed by atoms with van der Waals surface area (Å²) in [7, 11) is 1.41. The molecule has 0 amide bonds. The van der Waals surface area contributed by atoms with Crippen molar-refractivity contribution in [3.8, 4) is 0 Å². The van der Waals surface area contributed by atoms with E-state index < -0.39 is 6.10 Å². The predicted molar refractivity (Wildman–Crippen MR) is 122 cm³/mol.